The Morgan fingerprint density at radius 3 is 2.79 bits per heavy atom. The molecule has 0 aliphatic carbocycles. The number of hydrogen-bond donors (Lipinski definition) is 2. The van der Waals surface area contributed by atoms with Crippen LogP contribution in [0, 0.1) is 8.98 Å². The number of nitrogens with one attached hydrogen (secondary N) is 2. The third-order valence-corrected chi connectivity index (χ3v) is 5.87. The van der Waals surface area contributed by atoms with E-state index in [4.69, 9.17) is 21.7 Å². The van der Waals surface area contributed by atoms with Gasteiger partial charge in [-0.25, -0.2) is 4.98 Å². The van der Waals surface area contributed by atoms with E-state index in [0.717, 1.165) is 22.3 Å². The van der Waals surface area contributed by atoms with Crippen molar-refractivity contribution in [3.8, 4) is 5.75 Å². The van der Waals surface area contributed by atoms with Gasteiger partial charge in [0.2, 0.25) is 5.91 Å². The van der Waals surface area contributed by atoms with Gasteiger partial charge in [0, 0.05) is 59.5 Å². The van der Waals surface area contributed by atoms with Gasteiger partial charge in [0.1, 0.15) is 11.6 Å². The molecule has 28 heavy (non-hydrogen) atoms. The molecular formula is C19H21ClIN5O2. The average Bonchev–Trinajstić information content (AvgIpc) is 2.72. The summed E-state index contributed by atoms with van der Waals surface area (Å²) in [6.45, 7) is 2.92. The molecule has 0 atom stereocenters. The standard InChI is InChI=1S/C19H21ClIN5O2/c1-28-17-10-13(2-3-15(17)20)25-6-8-26(9-7-25)18(27)12-24-19-14(11-22)16(21)4-5-23-19/h2-5,10-11,22H,6-9,12H2,1H3,(H,23,24). The van der Waals surface area contributed by atoms with Crippen LogP contribution >= 0.6 is 34.2 Å². The van der Waals surface area contributed by atoms with Gasteiger partial charge in [0.15, 0.2) is 0 Å². The molecule has 0 radical (unpaired) electrons. The van der Waals surface area contributed by atoms with Crippen molar-refractivity contribution in [3.05, 3.63) is 44.6 Å². The lowest BCUT2D eigenvalue weighted by molar-refractivity contribution is -0.129. The first kappa shape index (κ1) is 20.7. The number of carbonyl (C=O) groups excluding carboxylic acids is 1. The normalized spacial score (nSPS) is 14.0. The van der Waals surface area contributed by atoms with Gasteiger partial charge in [0.05, 0.1) is 18.7 Å². The van der Waals surface area contributed by atoms with E-state index in [1.165, 1.54) is 6.21 Å². The third kappa shape index (κ3) is 4.67. The number of halogens is 2. The second kappa shape index (κ2) is 9.42. The number of carbonyl (C=O) groups is 1. The van der Waals surface area contributed by atoms with Crippen LogP contribution in [0.5, 0.6) is 5.75 Å². The van der Waals surface area contributed by atoms with Crippen molar-refractivity contribution in [3.63, 3.8) is 0 Å². The highest BCUT2D eigenvalue weighted by molar-refractivity contribution is 14.1. The second-order valence-corrected chi connectivity index (χ2v) is 7.81. The number of aromatic nitrogens is 1. The predicted molar refractivity (Wildman–Crippen MR) is 120 cm³/mol. The molecule has 1 aliphatic heterocycles. The number of ether oxygens (including phenoxy) is 1. The molecule has 1 aliphatic rings. The van der Waals surface area contributed by atoms with Crippen LogP contribution in [0.2, 0.25) is 5.02 Å². The van der Waals surface area contributed by atoms with Crippen molar-refractivity contribution in [1.82, 2.24) is 9.88 Å². The molecule has 1 aromatic carbocycles. The maximum absolute atomic E-state index is 12.6. The number of benzene rings is 1. The Bertz CT molecular complexity index is 871. The quantitative estimate of drug-likeness (QED) is 0.458. The van der Waals surface area contributed by atoms with Gasteiger partial charge in [-0.15, -0.1) is 0 Å². The fourth-order valence-electron chi connectivity index (χ4n) is 3.06. The molecular weight excluding hydrogens is 493 g/mol. The van der Waals surface area contributed by atoms with Crippen LogP contribution in [0.3, 0.4) is 0 Å². The number of methoxy groups -OCH3 is 1. The molecule has 0 bridgehead atoms. The summed E-state index contributed by atoms with van der Waals surface area (Å²) in [4.78, 5) is 20.9. The lowest BCUT2D eigenvalue weighted by Crippen LogP contribution is -2.50. The summed E-state index contributed by atoms with van der Waals surface area (Å²) in [5, 5.41) is 11.2. The van der Waals surface area contributed by atoms with E-state index in [-0.39, 0.29) is 12.5 Å². The third-order valence-electron chi connectivity index (χ3n) is 4.62. The van der Waals surface area contributed by atoms with Crippen LogP contribution in [-0.4, -0.2) is 61.8 Å². The van der Waals surface area contributed by atoms with Crippen LogP contribution in [0.1, 0.15) is 5.56 Å². The number of hydrogen-bond acceptors (Lipinski definition) is 6. The highest BCUT2D eigenvalue weighted by Gasteiger charge is 2.22. The maximum atomic E-state index is 12.6. The fourth-order valence-corrected chi connectivity index (χ4v) is 3.82. The average molecular weight is 514 g/mol. The molecule has 1 fully saturated rings. The molecule has 1 saturated heterocycles. The summed E-state index contributed by atoms with van der Waals surface area (Å²) in [6.07, 6.45) is 2.92. The minimum Gasteiger partial charge on any atom is -0.495 e. The van der Waals surface area contributed by atoms with Crippen LogP contribution in [0.15, 0.2) is 30.5 Å². The summed E-state index contributed by atoms with van der Waals surface area (Å²) in [7, 11) is 1.60. The molecule has 0 unspecified atom stereocenters. The first-order valence-corrected chi connectivity index (χ1v) is 10.2. The van der Waals surface area contributed by atoms with Gasteiger partial charge in [0.25, 0.3) is 0 Å². The number of rotatable bonds is 6. The molecule has 2 heterocycles. The summed E-state index contributed by atoms with van der Waals surface area (Å²) in [5.74, 6) is 1.22. The van der Waals surface area contributed by atoms with Crippen molar-refractivity contribution < 1.29 is 9.53 Å². The van der Waals surface area contributed by atoms with Crippen LogP contribution in [-0.2, 0) is 4.79 Å². The monoisotopic (exact) mass is 513 g/mol. The van der Waals surface area contributed by atoms with Gasteiger partial charge in [-0.1, -0.05) is 11.6 Å². The first-order valence-electron chi connectivity index (χ1n) is 8.78. The smallest absolute Gasteiger partial charge is 0.242 e. The van der Waals surface area contributed by atoms with E-state index in [1.54, 1.807) is 13.3 Å². The summed E-state index contributed by atoms with van der Waals surface area (Å²) in [6, 6.07) is 7.54. The number of pyridine rings is 1. The molecule has 9 heteroatoms. The van der Waals surface area contributed by atoms with E-state index in [1.807, 2.05) is 29.2 Å². The van der Waals surface area contributed by atoms with Gasteiger partial charge >= 0.3 is 0 Å². The molecule has 148 valence electrons. The molecule has 1 amide bonds. The summed E-state index contributed by atoms with van der Waals surface area (Å²) >= 11 is 8.25. The first-order chi connectivity index (χ1) is 13.5. The van der Waals surface area contributed by atoms with Crippen molar-refractivity contribution in [1.29, 1.82) is 5.41 Å². The lowest BCUT2D eigenvalue weighted by atomic mass is 10.2. The second-order valence-electron chi connectivity index (χ2n) is 6.24. The van der Waals surface area contributed by atoms with Crippen LogP contribution in [0.25, 0.3) is 0 Å². The van der Waals surface area contributed by atoms with E-state index in [9.17, 15) is 4.79 Å². The lowest BCUT2D eigenvalue weighted by Gasteiger charge is -2.36. The van der Waals surface area contributed by atoms with Gasteiger partial charge in [-0.3, -0.25) is 4.79 Å². The molecule has 7 nitrogen and oxygen atoms in total. The Balaban J connectivity index is 1.56. The summed E-state index contributed by atoms with van der Waals surface area (Å²) < 4.78 is 6.20. The maximum Gasteiger partial charge on any atom is 0.242 e. The summed E-state index contributed by atoms with van der Waals surface area (Å²) in [5.41, 5.74) is 1.72. The van der Waals surface area contributed by atoms with Crippen molar-refractivity contribution in [2.75, 3.05) is 50.1 Å². The van der Waals surface area contributed by atoms with Gasteiger partial charge in [-0.05, 0) is 40.8 Å². The van der Waals surface area contributed by atoms with Gasteiger partial charge < -0.3 is 25.3 Å². The zero-order valence-corrected chi connectivity index (χ0v) is 18.3. The molecule has 0 saturated carbocycles. The Morgan fingerprint density at radius 2 is 2.11 bits per heavy atom. The Morgan fingerprint density at radius 1 is 1.36 bits per heavy atom. The fraction of sp³-hybridized carbons (Fsp3) is 0.316. The van der Waals surface area contributed by atoms with Crippen molar-refractivity contribution >= 4 is 57.8 Å². The van der Waals surface area contributed by atoms with E-state index in [0.29, 0.717) is 35.2 Å². The zero-order chi connectivity index (χ0) is 20.1. The highest BCUT2D eigenvalue weighted by atomic mass is 127. The van der Waals surface area contributed by atoms with E-state index < -0.39 is 0 Å². The molecule has 2 N–H and O–H groups in total. The number of nitrogens with zero attached hydrogens (tertiary/aromatic N) is 3. The van der Waals surface area contributed by atoms with Crippen molar-refractivity contribution in [2.24, 2.45) is 0 Å². The number of piperazine rings is 1. The highest BCUT2D eigenvalue weighted by Crippen LogP contribution is 2.29. The Hall–Kier alpha value is -2.07. The molecule has 0 spiro atoms. The topological polar surface area (TPSA) is 81.6 Å². The predicted octanol–water partition coefficient (Wildman–Crippen LogP) is 3.11. The van der Waals surface area contributed by atoms with Crippen molar-refractivity contribution in [2.45, 2.75) is 0 Å². The Kier molecular flexibility index (Phi) is 6.95. The number of anilines is 2. The SMILES string of the molecule is COc1cc(N2CCN(C(=O)CNc3nccc(I)c3C=N)CC2)ccc1Cl. The van der Waals surface area contributed by atoms with Crippen LogP contribution < -0.4 is 15.0 Å². The molecule has 1 aromatic heterocycles. The zero-order valence-electron chi connectivity index (χ0n) is 15.4. The van der Waals surface area contributed by atoms with E-state index in [2.05, 4.69) is 37.8 Å². The largest absolute Gasteiger partial charge is 0.495 e. The minimum absolute atomic E-state index is 0.0185. The van der Waals surface area contributed by atoms with Crippen LogP contribution in [0.4, 0.5) is 11.5 Å². The van der Waals surface area contributed by atoms with E-state index >= 15 is 0 Å². The Labute approximate surface area is 182 Å². The molecule has 3 rings (SSSR count). The van der Waals surface area contributed by atoms with Gasteiger partial charge in [-0.2, -0.15) is 0 Å². The molecule has 2 aromatic rings. The minimum atomic E-state index is 0.0185. The number of amides is 1.